The van der Waals surface area contributed by atoms with E-state index in [1.165, 1.54) is 193 Å². The number of imidazole rings is 1. The fourth-order valence-electron chi connectivity index (χ4n) is 5.97. The van der Waals surface area contributed by atoms with Gasteiger partial charge in [-0.2, -0.15) is 0 Å². The number of aryl methyl sites for hydroxylation is 2. The number of aromatic nitrogens is 2. The summed E-state index contributed by atoms with van der Waals surface area (Å²) in [7, 11) is 0. The van der Waals surface area contributed by atoms with Crippen LogP contribution in [-0.2, 0) is 19.5 Å². The van der Waals surface area contributed by atoms with Crippen molar-refractivity contribution < 1.29 is 4.57 Å². The maximum absolute atomic E-state index is 2.61. The molecular weight excluding hydrogens is 460 g/mol. The van der Waals surface area contributed by atoms with E-state index in [4.69, 9.17) is 0 Å². The third-order valence-corrected chi connectivity index (χ3v) is 8.60. The molecule has 1 aromatic rings. The fraction of sp³-hybridized carbons (Fsp3) is 0.917. The Balaban J connectivity index is 2.11. The predicted octanol–water partition coefficient (Wildman–Crippen LogP) is 11.9. The molecule has 0 aliphatic heterocycles. The highest BCUT2D eigenvalue weighted by atomic mass is 15.1. The molecule has 0 N–H and O–H groups in total. The van der Waals surface area contributed by atoms with Crippen LogP contribution in [0.1, 0.15) is 200 Å². The van der Waals surface area contributed by atoms with Gasteiger partial charge in [0.15, 0.2) is 0 Å². The van der Waals surface area contributed by atoms with Crippen LogP contribution in [0.25, 0.3) is 0 Å². The summed E-state index contributed by atoms with van der Waals surface area (Å²) < 4.78 is 5.20. The zero-order valence-corrected chi connectivity index (χ0v) is 26.8. The largest absolute Gasteiger partial charge is 0.256 e. The summed E-state index contributed by atoms with van der Waals surface area (Å²) >= 11 is 0. The molecule has 1 heterocycles. The van der Waals surface area contributed by atoms with Crippen LogP contribution in [0.15, 0.2) is 12.4 Å². The summed E-state index contributed by atoms with van der Waals surface area (Å²) in [5.41, 5.74) is 0. The second kappa shape index (κ2) is 27.8. The molecule has 0 unspecified atom stereocenters. The van der Waals surface area contributed by atoms with E-state index in [1.54, 1.807) is 5.82 Å². The molecule has 0 bridgehead atoms. The van der Waals surface area contributed by atoms with Gasteiger partial charge in [0.1, 0.15) is 12.4 Å². The van der Waals surface area contributed by atoms with Crippen molar-refractivity contribution in [3.8, 4) is 0 Å². The van der Waals surface area contributed by atoms with E-state index in [0.29, 0.717) is 0 Å². The van der Waals surface area contributed by atoms with Gasteiger partial charge in [0, 0.05) is 6.42 Å². The Kier molecular flexibility index (Phi) is 25.7. The lowest BCUT2D eigenvalue weighted by Gasteiger charge is -2.07. The molecule has 0 aliphatic rings. The monoisotopic (exact) mass is 532 g/mol. The van der Waals surface area contributed by atoms with Crippen molar-refractivity contribution in [1.29, 1.82) is 0 Å². The topological polar surface area (TPSA) is 8.81 Å². The molecule has 0 amide bonds. The zero-order valence-electron chi connectivity index (χ0n) is 26.8. The molecular formula is C36H71N2+. The van der Waals surface area contributed by atoms with Gasteiger partial charge in [-0.25, -0.2) is 9.13 Å². The Morgan fingerprint density at radius 3 is 1.26 bits per heavy atom. The normalized spacial score (nSPS) is 11.6. The molecule has 1 rings (SSSR count). The van der Waals surface area contributed by atoms with Crippen LogP contribution in [0.4, 0.5) is 0 Å². The van der Waals surface area contributed by atoms with Crippen LogP contribution in [0.3, 0.4) is 0 Å². The molecule has 1 aromatic heterocycles. The van der Waals surface area contributed by atoms with Crippen LogP contribution in [0.5, 0.6) is 0 Å². The van der Waals surface area contributed by atoms with Gasteiger partial charge in [0.25, 0.3) is 5.82 Å². The molecule has 2 nitrogen and oxygen atoms in total. The van der Waals surface area contributed by atoms with Gasteiger partial charge in [-0.1, -0.05) is 162 Å². The average Bonchev–Trinajstić information content (AvgIpc) is 3.31. The summed E-state index contributed by atoms with van der Waals surface area (Å²) in [5, 5.41) is 0. The molecule has 0 fully saturated rings. The van der Waals surface area contributed by atoms with E-state index < -0.39 is 0 Å². The second-order valence-electron chi connectivity index (χ2n) is 12.3. The number of hydrogen-bond donors (Lipinski definition) is 0. The fourth-order valence-corrected chi connectivity index (χ4v) is 5.97. The van der Waals surface area contributed by atoms with Gasteiger partial charge >= 0.3 is 0 Å². The summed E-state index contributed by atoms with van der Waals surface area (Å²) in [6.45, 7) is 9.38. The third-order valence-electron chi connectivity index (χ3n) is 8.60. The summed E-state index contributed by atoms with van der Waals surface area (Å²) in [6.07, 6.45) is 44.5. The summed E-state index contributed by atoms with van der Waals surface area (Å²) in [5.74, 6) is 1.61. The quantitative estimate of drug-likeness (QED) is 0.0689. The smallest absolute Gasteiger partial charge is 0.234 e. The van der Waals surface area contributed by atoms with E-state index in [-0.39, 0.29) is 0 Å². The maximum Gasteiger partial charge on any atom is 0.256 e. The van der Waals surface area contributed by atoms with E-state index in [0.717, 1.165) is 0 Å². The minimum absolute atomic E-state index is 1.22. The molecule has 38 heavy (non-hydrogen) atoms. The van der Waals surface area contributed by atoms with Crippen LogP contribution >= 0.6 is 0 Å². The summed E-state index contributed by atoms with van der Waals surface area (Å²) in [6, 6.07) is 0. The van der Waals surface area contributed by atoms with Gasteiger partial charge in [-0.3, -0.25) is 0 Å². The van der Waals surface area contributed by atoms with Gasteiger partial charge in [0.05, 0.1) is 13.1 Å². The predicted molar refractivity (Wildman–Crippen MR) is 170 cm³/mol. The Hall–Kier alpha value is -0.790. The lowest BCUT2D eigenvalue weighted by atomic mass is 10.0. The highest BCUT2D eigenvalue weighted by Gasteiger charge is 2.16. The Morgan fingerprint density at radius 2 is 0.816 bits per heavy atom. The number of rotatable bonds is 30. The van der Waals surface area contributed by atoms with Gasteiger partial charge < -0.3 is 0 Å². The Morgan fingerprint density at radius 1 is 0.447 bits per heavy atom. The number of unbranched alkanes of at least 4 members (excludes halogenated alkanes) is 24. The average molecular weight is 532 g/mol. The number of hydrogen-bond acceptors (Lipinski definition) is 0. The lowest BCUT2D eigenvalue weighted by molar-refractivity contribution is -0.704. The van der Waals surface area contributed by atoms with Crippen molar-refractivity contribution in [3.63, 3.8) is 0 Å². The first kappa shape index (κ1) is 35.2. The zero-order chi connectivity index (χ0) is 27.4. The van der Waals surface area contributed by atoms with Crippen LogP contribution < -0.4 is 4.57 Å². The van der Waals surface area contributed by atoms with Gasteiger partial charge in [-0.05, 0) is 32.1 Å². The second-order valence-corrected chi connectivity index (χ2v) is 12.3. The van der Waals surface area contributed by atoms with E-state index >= 15 is 0 Å². The van der Waals surface area contributed by atoms with Crippen LogP contribution in [0, 0.1) is 0 Å². The first-order chi connectivity index (χ1) is 18.8. The molecule has 0 radical (unpaired) electrons. The van der Waals surface area contributed by atoms with E-state index in [1.807, 2.05) is 0 Å². The van der Waals surface area contributed by atoms with Gasteiger partial charge in [0.2, 0.25) is 0 Å². The SMILES string of the molecule is CCCCCCCCCCCCCCCCCCCn1cc[n+](CCCCCCC)c1CCCCCCC. The molecule has 0 saturated carbocycles. The Bertz CT molecular complexity index is 590. The maximum atomic E-state index is 2.61. The van der Waals surface area contributed by atoms with Crippen molar-refractivity contribution in [1.82, 2.24) is 4.57 Å². The minimum atomic E-state index is 1.22. The van der Waals surface area contributed by atoms with Crippen molar-refractivity contribution in [2.45, 2.75) is 214 Å². The molecule has 0 saturated heterocycles. The molecule has 0 aromatic carbocycles. The van der Waals surface area contributed by atoms with Crippen molar-refractivity contribution >= 4 is 0 Å². The molecule has 0 spiro atoms. The minimum Gasteiger partial charge on any atom is -0.234 e. The first-order valence-corrected chi connectivity index (χ1v) is 17.9. The van der Waals surface area contributed by atoms with Crippen LogP contribution in [0.2, 0.25) is 0 Å². The van der Waals surface area contributed by atoms with Crippen molar-refractivity contribution in [3.05, 3.63) is 18.2 Å². The highest BCUT2D eigenvalue weighted by molar-refractivity contribution is 4.84. The highest BCUT2D eigenvalue weighted by Crippen LogP contribution is 2.15. The molecule has 2 heteroatoms. The lowest BCUT2D eigenvalue weighted by Crippen LogP contribution is -2.37. The standard InChI is InChI=1S/C36H71N2/c1-4-7-10-13-14-15-16-17-18-19-20-21-22-23-24-27-30-33-38-35-34-37(32-29-26-12-9-6-3)36(38)31-28-25-11-8-5-2/h34-35H,4-33H2,1-3H3/q+1. The molecule has 0 aliphatic carbocycles. The van der Waals surface area contributed by atoms with Crippen molar-refractivity contribution in [2.75, 3.05) is 0 Å². The third kappa shape index (κ3) is 20.2. The summed E-state index contributed by atoms with van der Waals surface area (Å²) in [4.78, 5) is 0. The number of nitrogens with zero attached hydrogens (tertiary/aromatic N) is 2. The van der Waals surface area contributed by atoms with E-state index in [9.17, 15) is 0 Å². The van der Waals surface area contributed by atoms with Crippen LogP contribution in [-0.4, -0.2) is 4.57 Å². The Labute approximate surface area is 240 Å². The van der Waals surface area contributed by atoms with Gasteiger partial charge in [-0.15, -0.1) is 0 Å². The van der Waals surface area contributed by atoms with E-state index in [2.05, 4.69) is 42.3 Å². The molecule has 224 valence electrons. The first-order valence-electron chi connectivity index (χ1n) is 17.9. The van der Waals surface area contributed by atoms with Crippen molar-refractivity contribution in [2.24, 2.45) is 0 Å². The molecule has 0 atom stereocenters.